The fourth-order valence-corrected chi connectivity index (χ4v) is 1.21. The van der Waals surface area contributed by atoms with E-state index >= 15 is 0 Å². The van der Waals surface area contributed by atoms with Gasteiger partial charge in [0.05, 0.1) is 6.61 Å². The number of rotatable bonds is 6. The van der Waals surface area contributed by atoms with Gasteiger partial charge in [-0.2, -0.15) is 0 Å². The molecule has 0 saturated carbocycles. The molecule has 2 N–H and O–H groups in total. The van der Waals surface area contributed by atoms with Crippen LogP contribution in [0, 0.1) is 0 Å². The van der Waals surface area contributed by atoms with Gasteiger partial charge < -0.3 is 19.7 Å². The molecular formula is C11H14O5. The molecule has 0 fully saturated rings. The van der Waals surface area contributed by atoms with Gasteiger partial charge in [0.25, 0.3) is 0 Å². The molecule has 0 spiro atoms. The second kappa shape index (κ2) is 6.09. The minimum atomic E-state index is -1.57. The van der Waals surface area contributed by atoms with E-state index in [2.05, 4.69) is 0 Å². The van der Waals surface area contributed by atoms with Crippen molar-refractivity contribution in [1.29, 1.82) is 0 Å². The lowest BCUT2D eigenvalue weighted by atomic mass is 10.1. The van der Waals surface area contributed by atoms with Gasteiger partial charge in [-0.15, -0.1) is 0 Å². The molecule has 1 atom stereocenters. The van der Waals surface area contributed by atoms with Gasteiger partial charge in [-0.25, -0.2) is 4.79 Å². The second-order valence-corrected chi connectivity index (χ2v) is 3.12. The van der Waals surface area contributed by atoms with Gasteiger partial charge in [0.2, 0.25) is 0 Å². The van der Waals surface area contributed by atoms with Gasteiger partial charge in [-0.3, -0.25) is 0 Å². The van der Waals surface area contributed by atoms with E-state index < -0.39 is 12.1 Å². The van der Waals surface area contributed by atoms with E-state index in [-0.39, 0.29) is 5.56 Å². The summed E-state index contributed by atoms with van der Waals surface area (Å²) in [5, 5.41) is 18.1. The quantitative estimate of drug-likeness (QED) is 0.702. The number of hydrogen-bond acceptors (Lipinski definition) is 4. The largest absolute Gasteiger partial charge is 0.491 e. The Morgan fingerprint density at radius 3 is 2.69 bits per heavy atom. The first kappa shape index (κ1) is 12.5. The molecule has 0 saturated heterocycles. The van der Waals surface area contributed by atoms with E-state index in [4.69, 9.17) is 14.6 Å². The zero-order valence-corrected chi connectivity index (χ0v) is 8.92. The zero-order chi connectivity index (χ0) is 12.0. The van der Waals surface area contributed by atoms with E-state index in [0.717, 1.165) is 0 Å². The summed E-state index contributed by atoms with van der Waals surface area (Å²) in [7, 11) is 1.54. The Morgan fingerprint density at radius 2 is 2.06 bits per heavy atom. The average molecular weight is 226 g/mol. The van der Waals surface area contributed by atoms with E-state index in [1.807, 2.05) is 0 Å². The van der Waals surface area contributed by atoms with Gasteiger partial charge >= 0.3 is 5.97 Å². The molecule has 0 aliphatic rings. The highest BCUT2D eigenvalue weighted by molar-refractivity contribution is 5.75. The molecule has 1 rings (SSSR count). The number of methoxy groups -OCH3 is 1. The molecule has 0 amide bonds. The van der Waals surface area contributed by atoms with Crippen LogP contribution >= 0.6 is 0 Å². The number of carbonyl (C=O) groups is 1. The number of para-hydroxylation sites is 1. The minimum Gasteiger partial charge on any atom is -0.491 e. The monoisotopic (exact) mass is 226 g/mol. The molecule has 0 aliphatic carbocycles. The zero-order valence-electron chi connectivity index (χ0n) is 8.92. The van der Waals surface area contributed by atoms with Gasteiger partial charge in [0, 0.05) is 12.7 Å². The van der Waals surface area contributed by atoms with Crippen LogP contribution in [0.5, 0.6) is 5.75 Å². The first-order chi connectivity index (χ1) is 7.66. The number of ether oxygens (including phenoxy) is 2. The Hall–Kier alpha value is -1.59. The highest BCUT2D eigenvalue weighted by Gasteiger charge is 2.19. The predicted molar refractivity (Wildman–Crippen MR) is 56.4 cm³/mol. The molecular weight excluding hydrogens is 212 g/mol. The number of hydrogen-bond donors (Lipinski definition) is 2. The highest BCUT2D eigenvalue weighted by Crippen LogP contribution is 2.24. The Kier molecular flexibility index (Phi) is 4.75. The van der Waals surface area contributed by atoms with Crippen LogP contribution in [0.1, 0.15) is 11.7 Å². The van der Waals surface area contributed by atoms with Crippen molar-refractivity contribution in [1.82, 2.24) is 0 Å². The maximum atomic E-state index is 10.7. The van der Waals surface area contributed by atoms with Crippen LogP contribution in [-0.4, -0.2) is 36.5 Å². The SMILES string of the molecule is COCCOc1ccccc1C(O)C(=O)O. The van der Waals surface area contributed by atoms with E-state index in [1.54, 1.807) is 25.3 Å². The van der Waals surface area contributed by atoms with Crippen LogP contribution in [0.3, 0.4) is 0 Å². The van der Waals surface area contributed by atoms with Crippen molar-refractivity contribution in [2.75, 3.05) is 20.3 Å². The molecule has 5 heteroatoms. The number of aliphatic carboxylic acids is 1. The van der Waals surface area contributed by atoms with Crippen molar-refractivity contribution in [3.05, 3.63) is 29.8 Å². The van der Waals surface area contributed by atoms with E-state index in [0.29, 0.717) is 19.0 Å². The molecule has 0 aliphatic heterocycles. The lowest BCUT2D eigenvalue weighted by Gasteiger charge is -2.12. The summed E-state index contributed by atoms with van der Waals surface area (Å²) in [6.45, 7) is 0.706. The van der Waals surface area contributed by atoms with Crippen molar-refractivity contribution >= 4 is 5.97 Å². The Morgan fingerprint density at radius 1 is 1.38 bits per heavy atom. The lowest BCUT2D eigenvalue weighted by molar-refractivity contribution is -0.147. The molecule has 0 bridgehead atoms. The van der Waals surface area contributed by atoms with Crippen molar-refractivity contribution in [2.45, 2.75) is 6.10 Å². The predicted octanol–water partition coefficient (Wildman–Crippen LogP) is 0.830. The Balaban J connectivity index is 2.79. The number of aliphatic hydroxyl groups is 1. The van der Waals surface area contributed by atoms with Gasteiger partial charge in [-0.05, 0) is 6.07 Å². The smallest absolute Gasteiger partial charge is 0.337 e. The third-order valence-electron chi connectivity index (χ3n) is 1.99. The normalized spacial score (nSPS) is 12.1. The first-order valence-corrected chi connectivity index (χ1v) is 4.78. The summed E-state index contributed by atoms with van der Waals surface area (Å²) in [6.07, 6.45) is -1.57. The molecule has 88 valence electrons. The van der Waals surface area contributed by atoms with E-state index in [1.165, 1.54) is 6.07 Å². The summed E-state index contributed by atoms with van der Waals surface area (Å²) in [4.78, 5) is 10.7. The maximum Gasteiger partial charge on any atom is 0.337 e. The summed E-state index contributed by atoms with van der Waals surface area (Å²) >= 11 is 0. The fourth-order valence-electron chi connectivity index (χ4n) is 1.21. The molecule has 0 heterocycles. The summed E-state index contributed by atoms with van der Waals surface area (Å²) in [5.41, 5.74) is 0.242. The summed E-state index contributed by atoms with van der Waals surface area (Å²) < 4.78 is 10.1. The molecule has 1 unspecified atom stereocenters. The Labute approximate surface area is 93.2 Å². The molecule has 0 radical (unpaired) electrons. The van der Waals surface area contributed by atoms with Crippen LogP contribution in [-0.2, 0) is 9.53 Å². The van der Waals surface area contributed by atoms with Crippen LogP contribution in [0.15, 0.2) is 24.3 Å². The van der Waals surface area contributed by atoms with Gasteiger partial charge in [0.1, 0.15) is 12.4 Å². The Bertz CT molecular complexity index is 350. The van der Waals surface area contributed by atoms with E-state index in [9.17, 15) is 9.90 Å². The number of benzene rings is 1. The van der Waals surface area contributed by atoms with Crippen LogP contribution < -0.4 is 4.74 Å². The molecule has 0 aromatic heterocycles. The second-order valence-electron chi connectivity index (χ2n) is 3.12. The molecule has 16 heavy (non-hydrogen) atoms. The summed E-state index contributed by atoms with van der Waals surface area (Å²) in [6, 6.07) is 6.48. The van der Waals surface area contributed by atoms with Gasteiger partial charge in [0.15, 0.2) is 6.10 Å². The number of carboxylic acids is 1. The molecule has 1 aromatic rings. The van der Waals surface area contributed by atoms with Gasteiger partial charge in [-0.1, -0.05) is 18.2 Å². The average Bonchev–Trinajstić information content (AvgIpc) is 2.29. The lowest BCUT2D eigenvalue weighted by Crippen LogP contribution is -2.13. The van der Waals surface area contributed by atoms with Crippen LogP contribution in [0.2, 0.25) is 0 Å². The highest BCUT2D eigenvalue weighted by atomic mass is 16.5. The standard InChI is InChI=1S/C11H14O5/c1-15-6-7-16-9-5-3-2-4-8(9)10(12)11(13)14/h2-5,10,12H,6-7H2,1H3,(H,13,14). The van der Waals surface area contributed by atoms with Crippen molar-refractivity contribution in [3.63, 3.8) is 0 Å². The third kappa shape index (κ3) is 3.22. The topological polar surface area (TPSA) is 76.0 Å². The van der Waals surface area contributed by atoms with Crippen LogP contribution in [0.25, 0.3) is 0 Å². The summed E-state index contributed by atoms with van der Waals surface area (Å²) in [5.74, 6) is -0.947. The van der Waals surface area contributed by atoms with Crippen LogP contribution in [0.4, 0.5) is 0 Å². The van der Waals surface area contributed by atoms with Crippen molar-refractivity contribution < 1.29 is 24.5 Å². The molecule has 5 nitrogen and oxygen atoms in total. The van der Waals surface area contributed by atoms with Crippen molar-refractivity contribution in [2.24, 2.45) is 0 Å². The van der Waals surface area contributed by atoms with Crippen molar-refractivity contribution in [3.8, 4) is 5.75 Å². The third-order valence-corrected chi connectivity index (χ3v) is 1.99. The number of carboxylic acid groups (broad SMARTS) is 1. The number of aliphatic hydroxyl groups excluding tert-OH is 1. The maximum absolute atomic E-state index is 10.7. The fraction of sp³-hybridized carbons (Fsp3) is 0.364. The molecule has 1 aromatic carbocycles. The minimum absolute atomic E-state index is 0.242. The first-order valence-electron chi connectivity index (χ1n) is 4.78.